The number of sulfonamides is 1. The fourth-order valence-corrected chi connectivity index (χ4v) is 4.26. The van der Waals surface area contributed by atoms with Gasteiger partial charge in [0.15, 0.2) is 0 Å². The summed E-state index contributed by atoms with van der Waals surface area (Å²) in [6.07, 6.45) is 3.15. The van der Waals surface area contributed by atoms with Gasteiger partial charge in [0.2, 0.25) is 10.0 Å². The first kappa shape index (κ1) is 17.9. The molecule has 0 bridgehead atoms. The molecule has 2 heterocycles. The number of nitrogens with zero attached hydrogens (tertiary/aromatic N) is 2. The van der Waals surface area contributed by atoms with Crippen LogP contribution < -0.4 is 15.2 Å². The molecular formula is C17H18N4O4S. The van der Waals surface area contributed by atoms with E-state index in [-0.39, 0.29) is 11.7 Å². The van der Waals surface area contributed by atoms with Crippen LogP contribution in [0.15, 0.2) is 42.6 Å². The van der Waals surface area contributed by atoms with Gasteiger partial charge in [-0.1, -0.05) is 6.07 Å². The smallest absolute Gasteiger partial charge is 0.267 e. The molecule has 1 aliphatic heterocycles. The van der Waals surface area contributed by atoms with Crippen LogP contribution in [0.25, 0.3) is 0 Å². The predicted molar refractivity (Wildman–Crippen MR) is 96.1 cm³/mol. The maximum absolute atomic E-state index is 12.3. The van der Waals surface area contributed by atoms with Crippen molar-refractivity contribution in [3.05, 3.63) is 59.4 Å². The molecule has 2 amide bonds. The van der Waals surface area contributed by atoms with Crippen molar-refractivity contribution in [3.63, 3.8) is 0 Å². The highest BCUT2D eigenvalue weighted by Gasteiger charge is 2.32. The maximum atomic E-state index is 12.3. The van der Waals surface area contributed by atoms with Gasteiger partial charge in [0.05, 0.1) is 11.9 Å². The van der Waals surface area contributed by atoms with E-state index in [9.17, 15) is 18.0 Å². The molecule has 26 heavy (non-hydrogen) atoms. The van der Waals surface area contributed by atoms with Crippen LogP contribution in [0.3, 0.4) is 0 Å². The van der Waals surface area contributed by atoms with Crippen molar-refractivity contribution >= 4 is 27.5 Å². The Morgan fingerprint density at radius 3 is 2.54 bits per heavy atom. The van der Waals surface area contributed by atoms with E-state index < -0.39 is 21.8 Å². The van der Waals surface area contributed by atoms with Crippen LogP contribution in [0, 0.1) is 0 Å². The number of aromatic nitrogens is 1. The third kappa shape index (κ3) is 3.52. The highest BCUT2D eigenvalue weighted by atomic mass is 32.2. The zero-order valence-electron chi connectivity index (χ0n) is 14.3. The first-order chi connectivity index (χ1) is 12.3. The Kier molecular flexibility index (Phi) is 4.64. The second-order valence-electron chi connectivity index (χ2n) is 6.08. The number of pyridine rings is 1. The lowest BCUT2D eigenvalue weighted by Crippen LogP contribution is -2.41. The fraction of sp³-hybridized carbons (Fsp3) is 0.235. The summed E-state index contributed by atoms with van der Waals surface area (Å²) in [5.41, 5.74) is 6.48. The Hall–Kier alpha value is -2.94. The Balaban J connectivity index is 1.72. The van der Waals surface area contributed by atoms with Gasteiger partial charge in [-0.15, -0.1) is 0 Å². The van der Waals surface area contributed by atoms with E-state index in [0.29, 0.717) is 17.7 Å². The maximum Gasteiger partial charge on any atom is 0.288 e. The number of hydrogen-bond donors (Lipinski definition) is 2. The minimum Gasteiger partial charge on any atom is -0.267 e. The van der Waals surface area contributed by atoms with Crippen molar-refractivity contribution < 1.29 is 18.0 Å². The summed E-state index contributed by atoms with van der Waals surface area (Å²) in [7, 11) is -3.38. The third-order valence-corrected chi connectivity index (χ3v) is 5.31. The van der Waals surface area contributed by atoms with E-state index in [4.69, 9.17) is 0 Å². The highest BCUT2D eigenvalue weighted by molar-refractivity contribution is 7.92. The van der Waals surface area contributed by atoms with Gasteiger partial charge < -0.3 is 0 Å². The average Bonchev–Trinajstić information content (AvgIpc) is 2.95. The molecule has 1 atom stereocenters. The first-order valence-corrected chi connectivity index (χ1v) is 9.76. The van der Waals surface area contributed by atoms with E-state index in [1.807, 2.05) is 6.92 Å². The highest BCUT2D eigenvalue weighted by Crippen LogP contribution is 2.34. The molecule has 2 aromatic rings. The largest absolute Gasteiger partial charge is 0.288 e. The summed E-state index contributed by atoms with van der Waals surface area (Å²) in [4.78, 5) is 28.1. The molecule has 9 heteroatoms. The molecule has 0 spiro atoms. The summed E-state index contributed by atoms with van der Waals surface area (Å²) >= 11 is 0. The Labute approximate surface area is 151 Å². The van der Waals surface area contributed by atoms with Crippen molar-refractivity contribution in [2.45, 2.75) is 19.4 Å². The van der Waals surface area contributed by atoms with E-state index in [2.05, 4.69) is 15.8 Å². The summed E-state index contributed by atoms with van der Waals surface area (Å²) in [5.74, 6) is -1.03. The Bertz CT molecular complexity index is 960. The topological polar surface area (TPSA) is 108 Å². The minimum atomic E-state index is -3.38. The van der Waals surface area contributed by atoms with Crippen molar-refractivity contribution in [1.82, 2.24) is 15.8 Å². The molecule has 0 fully saturated rings. The molecule has 1 aliphatic rings. The molecule has 3 rings (SSSR count). The number of benzene rings is 1. The molecule has 2 N–H and O–H groups in total. The molecule has 0 radical (unpaired) electrons. The Morgan fingerprint density at radius 1 is 1.15 bits per heavy atom. The van der Waals surface area contributed by atoms with Crippen LogP contribution >= 0.6 is 0 Å². The molecule has 136 valence electrons. The normalized spacial score (nSPS) is 16.1. The lowest BCUT2D eigenvalue weighted by molar-refractivity contribution is 0.0844. The van der Waals surface area contributed by atoms with Crippen LogP contribution in [-0.4, -0.2) is 37.5 Å². The quantitative estimate of drug-likeness (QED) is 0.775. The van der Waals surface area contributed by atoms with Gasteiger partial charge >= 0.3 is 0 Å². The standard InChI is InChI=1S/C17H18N4O4S/c1-11-9-13-10-12(6-7-15(13)21(11)26(2,24)25)16(22)19-20-17(23)14-5-3-4-8-18-14/h3-8,10-11H,9H2,1-2H3,(H,19,22)(H,20,23)/t11-/m1/s1. The Morgan fingerprint density at radius 2 is 1.88 bits per heavy atom. The number of fused-ring (bicyclic) bond motifs is 1. The lowest BCUT2D eigenvalue weighted by atomic mass is 10.1. The van der Waals surface area contributed by atoms with Crippen LogP contribution in [-0.2, 0) is 16.4 Å². The summed E-state index contributed by atoms with van der Waals surface area (Å²) in [6, 6.07) is 9.44. The number of carbonyl (C=O) groups excluding carboxylic acids is 2. The predicted octanol–water partition coefficient (Wildman–Crippen LogP) is 0.867. The molecule has 0 aliphatic carbocycles. The summed E-state index contributed by atoms with van der Waals surface area (Å²) in [5, 5.41) is 0. The number of amides is 2. The van der Waals surface area contributed by atoms with Crippen molar-refractivity contribution in [3.8, 4) is 0 Å². The van der Waals surface area contributed by atoms with Gasteiger partial charge in [-0.3, -0.25) is 29.7 Å². The minimum absolute atomic E-state index is 0.180. The van der Waals surface area contributed by atoms with Gasteiger partial charge in [-0.05, 0) is 49.2 Å². The second kappa shape index (κ2) is 6.75. The zero-order chi connectivity index (χ0) is 18.9. The molecule has 8 nitrogen and oxygen atoms in total. The molecule has 0 unspecified atom stereocenters. The van der Waals surface area contributed by atoms with Crippen molar-refractivity contribution in [2.24, 2.45) is 0 Å². The van der Waals surface area contributed by atoms with Crippen molar-refractivity contribution in [2.75, 3.05) is 10.6 Å². The molecule has 0 saturated heterocycles. The molecule has 1 aromatic carbocycles. The van der Waals surface area contributed by atoms with Gasteiger partial charge in [-0.25, -0.2) is 8.42 Å². The number of hydrazine groups is 1. The molecule has 0 saturated carbocycles. The van der Waals surface area contributed by atoms with Gasteiger partial charge in [0.1, 0.15) is 5.69 Å². The number of nitrogens with one attached hydrogen (secondary N) is 2. The summed E-state index contributed by atoms with van der Waals surface area (Å²) < 4.78 is 25.2. The van der Waals surface area contributed by atoms with Gasteiger partial charge in [0, 0.05) is 17.8 Å². The summed E-state index contributed by atoms with van der Waals surface area (Å²) in [6.45, 7) is 1.81. The van der Waals surface area contributed by atoms with Crippen LogP contribution in [0.2, 0.25) is 0 Å². The number of rotatable bonds is 3. The van der Waals surface area contributed by atoms with E-state index >= 15 is 0 Å². The first-order valence-electron chi connectivity index (χ1n) is 7.91. The van der Waals surface area contributed by atoms with Gasteiger partial charge in [-0.2, -0.15) is 0 Å². The second-order valence-corrected chi connectivity index (χ2v) is 7.94. The van der Waals surface area contributed by atoms with E-state index in [1.54, 1.807) is 24.3 Å². The van der Waals surface area contributed by atoms with Crippen molar-refractivity contribution in [1.29, 1.82) is 0 Å². The fourth-order valence-electron chi connectivity index (χ4n) is 3.00. The van der Waals surface area contributed by atoms with E-state index in [1.165, 1.54) is 22.6 Å². The third-order valence-electron chi connectivity index (χ3n) is 4.04. The number of hydrogen-bond acceptors (Lipinski definition) is 5. The number of anilines is 1. The lowest BCUT2D eigenvalue weighted by Gasteiger charge is -2.21. The van der Waals surface area contributed by atoms with Crippen LogP contribution in [0.1, 0.15) is 33.3 Å². The molecular weight excluding hydrogens is 356 g/mol. The van der Waals surface area contributed by atoms with Gasteiger partial charge in [0.25, 0.3) is 11.8 Å². The average molecular weight is 374 g/mol. The monoisotopic (exact) mass is 374 g/mol. The zero-order valence-corrected chi connectivity index (χ0v) is 15.1. The van der Waals surface area contributed by atoms with Crippen LogP contribution in [0.5, 0.6) is 0 Å². The SMILES string of the molecule is C[C@@H]1Cc2cc(C(=O)NNC(=O)c3ccccn3)ccc2N1S(C)(=O)=O. The van der Waals surface area contributed by atoms with E-state index in [0.717, 1.165) is 11.8 Å². The number of carbonyl (C=O) groups is 2. The van der Waals surface area contributed by atoms with Crippen LogP contribution in [0.4, 0.5) is 5.69 Å². The molecule has 1 aromatic heterocycles.